The first kappa shape index (κ1) is 17.0. The minimum Gasteiger partial charge on any atom is -0.384 e. The Kier molecular flexibility index (Phi) is 4.31. The van der Waals surface area contributed by atoms with Gasteiger partial charge in [0.2, 0.25) is 0 Å². The predicted molar refractivity (Wildman–Crippen MR) is 101 cm³/mol. The monoisotopic (exact) mass is 340 g/mol. The van der Waals surface area contributed by atoms with Gasteiger partial charge in [0.15, 0.2) is 0 Å². The number of aryl methyl sites for hydroxylation is 2. The molecule has 0 aliphatic heterocycles. The van der Waals surface area contributed by atoms with Gasteiger partial charge in [-0.1, -0.05) is 36.4 Å². The van der Waals surface area contributed by atoms with E-state index >= 15 is 0 Å². The highest BCUT2D eigenvalue weighted by Gasteiger charge is 2.18. The average molecular weight is 340 g/mol. The molecular weight excluding hydrogens is 324 g/mol. The summed E-state index contributed by atoms with van der Waals surface area (Å²) in [7, 11) is 0. The molecule has 0 saturated heterocycles. The topological polar surface area (TPSA) is 106 Å². The highest BCUT2D eigenvalue weighted by Crippen LogP contribution is 2.31. The van der Waals surface area contributed by atoms with Gasteiger partial charge < -0.3 is 10.7 Å². The van der Waals surface area contributed by atoms with E-state index in [1.54, 1.807) is 6.07 Å². The maximum Gasteiger partial charge on any atom is 0.268 e. The minimum atomic E-state index is -0.601. The molecule has 1 aromatic heterocycles. The number of nitrogens with two attached hydrogens (primary N) is 1. The Bertz CT molecular complexity index is 1160. The van der Waals surface area contributed by atoms with Crippen molar-refractivity contribution < 1.29 is 0 Å². The van der Waals surface area contributed by atoms with Gasteiger partial charge >= 0.3 is 0 Å². The van der Waals surface area contributed by atoms with E-state index in [4.69, 9.17) is 5.73 Å². The maximum absolute atomic E-state index is 12.1. The molecule has 3 N–H and O–H groups in total. The molecule has 26 heavy (non-hydrogen) atoms. The number of benzene rings is 2. The number of nitrogens with one attached hydrogen (secondary N) is 1. The Morgan fingerprint density at radius 1 is 0.885 bits per heavy atom. The van der Waals surface area contributed by atoms with Gasteiger partial charge in [-0.15, -0.1) is 0 Å². The number of hydrogen-bond acceptors (Lipinski definition) is 4. The van der Waals surface area contributed by atoms with Gasteiger partial charge in [0, 0.05) is 5.56 Å². The lowest BCUT2D eigenvalue weighted by atomic mass is 9.93. The Morgan fingerprint density at radius 3 is 2.19 bits per heavy atom. The summed E-state index contributed by atoms with van der Waals surface area (Å²) < 4.78 is 0. The molecule has 2 aromatic carbocycles. The average Bonchev–Trinajstić information content (AvgIpc) is 2.63. The summed E-state index contributed by atoms with van der Waals surface area (Å²) in [5, 5.41) is 18.9. The van der Waals surface area contributed by atoms with Gasteiger partial charge in [-0.25, -0.2) is 0 Å². The van der Waals surface area contributed by atoms with E-state index in [1.165, 1.54) is 11.1 Å². The van der Waals surface area contributed by atoms with Crippen LogP contribution in [-0.4, -0.2) is 4.98 Å². The minimum absolute atomic E-state index is 0.0388. The van der Waals surface area contributed by atoms with Crippen LogP contribution < -0.4 is 11.3 Å². The quantitative estimate of drug-likeness (QED) is 0.742. The van der Waals surface area contributed by atoms with Crippen molar-refractivity contribution in [3.8, 4) is 34.4 Å². The largest absolute Gasteiger partial charge is 0.384 e. The van der Waals surface area contributed by atoms with Crippen LogP contribution in [0.15, 0.2) is 47.3 Å². The SMILES string of the molecule is Cc1ccc(-c2cccc(-c3c(C#N)c(N)[nH]c(=O)c3C#N)c2)cc1C. The van der Waals surface area contributed by atoms with Crippen molar-refractivity contribution in [1.82, 2.24) is 4.98 Å². The Hall–Kier alpha value is -3.83. The third kappa shape index (κ3) is 2.83. The van der Waals surface area contributed by atoms with Crippen LogP contribution in [0.1, 0.15) is 22.3 Å². The Labute approximate surface area is 151 Å². The summed E-state index contributed by atoms with van der Waals surface area (Å²) in [5.41, 5.74) is 10.4. The van der Waals surface area contributed by atoms with Gasteiger partial charge in [-0.2, -0.15) is 10.5 Å². The van der Waals surface area contributed by atoms with E-state index in [1.807, 2.05) is 56.3 Å². The zero-order chi connectivity index (χ0) is 18.8. The van der Waals surface area contributed by atoms with Crippen molar-refractivity contribution in [3.63, 3.8) is 0 Å². The second-order valence-corrected chi connectivity index (χ2v) is 6.10. The molecule has 0 fully saturated rings. The van der Waals surface area contributed by atoms with Crippen LogP contribution in [0.3, 0.4) is 0 Å². The zero-order valence-electron chi connectivity index (χ0n) is 14.4. The van der Waals surface area contributed by atoms with Gasteiger partial charge in [-0.3, -0.25) is 4.79 Å². The number of rotatable bonds is 2. The molecule has 1 heterocycles. The molecule has 5 nitrogen and oxygen atoms in total. The van der Waals surface area contributed by atoms with Crippen molar-refractivity contribution in [1.29, 1.82) is 10.5 Å². The standard InChI is InChI=1S/C21H16N4O/c1-12-6-7-15(8-13(12)2)14-4-3-5-16(9-14)19-17(10-22)20(24)25-21(26)18(19)11-23/h3-9H,1-2H3,(H3,24,25,26). The highest BCUT2D eigenvalue weighted by atomic mass is 16.1. The smallest absolute Gasteiger partial charge is 0.268 e. The van der Waals surface area contributed by atoms with E-state index in [0.29, 0.717) is 5.56 Å². The molecule has 126 valence electrons. The van der Waals surface area contributed by atoms with Crippen molar-refractivity contribution in [2.45, 2.75) is 13.8 Å². The predicted octanol–water partition coefficient (Wildman–Crippen LogP) is 3.65. The first-order valence-electron chi connectivity index (χ1n) is 8.00. The third-order valence-electron chi connectivity index (χ3n) is 4.46. The van der Waals surface area contributed by atoms with Gasteiger partial charge in [0.1, 0.15) is 29.1 Å². The Morgan fingerprint density at radius 2 is 1.54 bits per heavy atom. The van der Waals surface area contributed by atoms with E-state index in [9.17, 15) is 15.3 Å². The number of aromatic nitrogens is 1. The second-order valence-electron chi connectivity index (χ2n) is 6.10. The van der Waals surface area contributed by atoms with Crippen LogP contribution in [0.25, 0.3) is 22.3 Å². The van der Waals surface area contributed by atoms with E-state index in [2.05, 4.69) is 11.1 Å². The number of anilines is 1. The van der Waals surface area contributed by atoms with Crippen molar-refractivity contribution in [2.24, 2.45) is 0 Å². The molecule has 0 amide bonds. The van der Waals surface area contributed by atoms with Crippen molar-refractivity contribution in [2.75, 3.05) is 5.73 Å². The fourth-order valence-corrected chi connectivity index (χ4v) is 2.91. The lowest BCUT2D eigenvalue weighted by Crippen LogP contribution is -2.16. The van der Waals surface area contributed by atoms with Crippen LogP contribution >= 0.6 is 0 Å². The molecule has 0 aliphatic carbocycles. The molecule has 0 saturated carbocycles. The van der Waals surface area contributed by atoms with Crippen LogP contribution in [0.4, 0.5) is 5.82 Å². The summed E-state index contributed by atoms with van der Waals surface area (Å²) in [4.78, 5) is 14.5. The summed E-state index contributed by atoms with van der Waals surface area (Å²) >= 11 is 0. The first-order chi connectivity index (χ1) is 12.5. The number of H-pyrrole nitrogens is 1. The molecular formula is C21H16N4O. The van der Waals surface area contributed by atoms with E-state index in [0.717, 1.165) is 11.1 Å². The summed E-state index contributed by atoms with van der Waals surface area (Å²) in [5.74, 6) is -0.0388. The van der Waals surface area contributed by atoms with E-state index in [-0.39, 0.29) is 22.5 Å². The summed E-state index contributed by atoms with van der Waals surface area (Å²) in [6, 6.07) is 17.4. The van der Waals surface area contributed by atoms with Crippen LogP contribution in [-0.2, 0) is 0 Å². The number of pyridine rings is 1. The number of aromatic amines is 1. The van der Waals surface area contributed by atoms with Crippen molar-refractivity contribution >= 4 is 5.82 Å². The number of nitriles is 2. The van der Waals surface area contributed by atoms with Gasteiger partial charge in [0.05, 0.1) is 0 Å². The normalized spacial score (nSPS) is 10.2. The molecule has 0 atom stereocenters. The Balaban J connectivity index is 2.28. The molecule has 0 unspecified atom stereocenters. The van der Waals surface area contributed by atoms with Crippen LogP contribution in [0, 0.1) is 36.5 Å². The molecule has 3 rings (SSSR count). The lowest BCUT2D eigenvalue weighted by Gasteiger charge is -2.11. The fourth-order valence-electron chi connectivity index (χ4n) is 2.91. The third-order valence-corrected chi connectivity index (χ3v) is 4.46. The van der Waals surface area contributed by atoms with Crippen molar-refractivity contribution in [3.05, 3.63) is 75.1 Å². The molecule has 3 aromatic rings. The molecule has 0 spiro atoms. The maximum atomic E-state index is 12.1. The highest BCUT2D eigenvalue weighted by molar-refractivity contribution is 5.82. The first-order valence-corrected chi connectivity index (χ1v) is 8.00. The summed E-state index contributed by atoms with van der Waals surface area (Å²) in [6.07, 6.45) is 0. The van der Waals surface area contributed by atoms with Crippen LogP contribution in [0.2, 0.25) is 0 Å². The lowest BCUT2D eigenvalue weighted by molar-refractivity contribution is 1.21. The molecule has 5 heteroatoms. The zero-order valence-corrected chi connectivity index (χ0v) is 14.4. The van der Waals surface area contributed by atoms with E-state index < -0.39 is 5.56 Å². The van der Waals surface area contributed by atoms with Gasteiger partial charge in [0.25, 0.3) is 5.56 Å². The number of hydrogen-bond donors (Lipinski definition) is 2. The number of nitrogen functional groups attached to an aromatic ring is 1. The van der Waals surface area contributed by atoms with Gasteiger partial charge in [-0.05, 0) is 47.7 Å². The molecule has 0 bridgehead atoms. The molecule has 0 aliphatic rings. The van der Waals surface area contributed by atoms with Crippen LogP contribution in [0.5, 0.6) is 0 Å². The second kappa shape index (κ2) is 6.58. The molecule has 0 radical (unpaired) electrons. The summed E-state index contributed by atoms with van der Waals surface area (Å²) in [6.45, 7) is 4.09. The fraction of sp³-hybridized carbons (Fsp3) is 0.0952. The number of nitrogens with zero attached hydrogens (tertiary/aromatic N) is 2.